The van der Waals surface area contributed by atoms with Crippen molar-refractivity contribution in [3.8, 4) is 0 Å². The fourth-order valence-electron chi connectivity index (χ4n) is 1.24. The lowest BCUT2D eigenvalue weighted by atomic mass is 10.2. The molecule has 0 saturated heterocycles. The van der Waals surface area contributed by atoms with Gasteiger partial charge in [0.2, 0.25) is 10.0 Å². The molecule has 1 aromatic heterocycles. The molecular weight excluding hydrogens is 272 g/mol. The van der Waals surface area contributed by atoms with Gasteiger partial charge in [0.1, 0.15) is 5.82 Å². The van der Waals surface area contributed by atoms with Gasteiger partial charge in [-0.25, -0.2) is 22.5 Å². The normalized spacial score (nSPS) is 11.5. The molecule has 0 unspecified atom stereocenters. The Kier molecular flexibility index (Phi) is 4.67. The van der Waals surface area contributed by atoms with E-state index in [1.165, 1.54) is 26.4 Å². The first-order chi connectivity index (χ1) is 8.74. The number of carboxylic acids is 1. The number of nitrogens with two attached hydrogens (primary N) is 1. The zero-order valence-electron chi connectivity index (χ0n) is 10.6. The molecule has 0 atom stereocenters. The molecule has 19 heavy (non-hydrogen) atoms. The van der Waals surface area contributed by atoms with E-state index in [2.05, 4.69) is 10.3 Å². The number of sulfonamides is 1. The number of carbonyl (C=O) groups is 1. The standard InChI is InChI=1S/C10H16N4O4S/c1-14(2)19(17,18)4-3-12-9-5-7(10(15)16)8(11)6-13-9/h5-6H,3-4,11H2,1-2H3,(H,12,13)(H,15,16). The molecule has 0 aliphatic heterocycles. The molecule has 4 N–H and O–H groups in total. The summed E-state index contributed by atoms with van der Waals surface area (Å²) in [6, 6.07) is 1.26. The molecule has 0 spiro atoms. The molecule has 9 heteroatoms. The van der Waals surface area contributed by atoms with Crippen molar-refractivity contribution in [2.45, 2.75) is 0 Å². The van der Waals surface area contributed by atoms with E-state index in [0.717, 1.165) is 4.31 Å². The Balaban J connectivity index is 2.70. The van der Waals surface area contributed by atoms with Gasteiger partial charge in [-0.1, -0.05) is 0 Å². The highest BCUT2D eigenvalue weighted by Crippen LogP contribution is 2.14. The van der Waals surface area contributed by atoms with E-state index in [0.29, 0.717) is 0 Å². The topological polar surface area (TPSA) is 126 Å². The fraction of sp³-hybridized carbons (Fsp3) is 0.400. The van der Waals surface area contributed by atoms with E-state index >= 15 is 0 Å². The van der Waals surface area contributed by atoms with Gasteiger partial charge < -0.3 is 16.2 Å². The minimum atomic E-state index is -3.30. The summed E-state index contributed by atoms with van der Waals surface area (Å²) < 4.78 is 24.1. The summed E-state index contributed by atoms with van der Waals surface area (Å²) in [7, 11) is -0.413. The van der Waals surface area contributed by atoms with Gasteiger partial charge in [0.15, 0.2) is 0 Å². The number of nitrogens with zero attached hydrogens (tertiary/aromatic N) is 2. The van der Waals surface area contributed by atoms with E-state index in [4.69, 9.17) is 10.8 Å². The summed E-state index contributed by atoms with van der Waals surface area (Å²) in [5.74, 6) is -1.02. The van der Waals surface area contributed by atoms with Crippen LogP contribution in [0.3, 0.4) is 0 Å². The molecule has 1 aromatic rings. The van der Waals surface area contributed by atoms with Gasteiger partial charge in [0.05, 0.1) is 23.2 Å². The number of nitrogen functional groups attached to an aromatic ring is 1. The predicted molar refractivity (Wildman–Crippen MR) is 71.6 cm³/mol. The van der Waals surface area contributed by atoms with Crippen LogP contribution >= 0.6 is 0 Å². The lowest BCUT2D eigenvalue weighted by Crippen LogP contribution is -2.28. The van der Waals surface area contributed by atoms with E-state index in [-0.39, 0.29) is 29.4 Å². The number of hydrogen-bond acceptors (Lipinski definition) is 6. The Bertz CT molecular complexity index is 571. The van der Waals surface area contributed by atoms with Crippen LogP contribution in [0.1, 0.15) is 10.4 Å². The highest BCUT2D eigenvalue weighted by molar-refractivity contribution is 7.89. The summed E-state index contributed by atoms with van der Waals surface area (Å²) in [6.07, 6.45) is 1.21. The summed E-state index contributed by atoms with van der Waals surface area (Å²) in [5.41, 5.74) is 5.43. The van der Waals surface area contributed by atoms with Crippen molar-refractivity contribution < 1.29 is 18.3 Å². The summed E-state index contributed by atoms with van der Waals surface area (Å²) in [6.45, 7) is 0.122. The highest BCUT2D eigenvalue weighted by Gasteiger charge is 2.13. The van der Waals surface area contributed by atoms with Crippen molar-refractivity contribution in [2.24, 2.45) is 0 Å². The van der Waals surface area contributed by atoms with E-state index in [1.807, 2.05) is 0 Å². The maximum Gasteiger partial charge on any atom is 0.337 e. The van der Waals surface area contributed by atoms with Crippen LogP contribution in [0.5, 0.6) is 0 Å². The van der Waals surface area contributed by atoms with Crippen LogP contribution in [0.15, 0.2) is 12.3 Å². The fourth-order valence-corrected chi connectivity index (χ4v) is 1.96. The summed E-state index contributed by atoms with van der Waals surface area (Å²) in [4.78, 5) is 14.7. The Morgan fingerprint density at radius 1 is 1.53 bits per heavy atom. The van der Waals surface area contributed by atoms with Crippen molar-refractivity contribution in [1.29, 1.82) is 0 Å². The average molecular weight is 288 g/mol. The molecule has 8 nitrogen and oxygen atoms in total. The van der Waals surface area contributed by atoms with Crippen molar-refractivity contribution in [3.63, 3.8) is 0 Å². The monoisotopic (exact) mass is 288 g/mol. The third-order valence-electron chi connectivity index (χ3n) is 2.39. The molecule has 0 saturated carbocycles. The Hall–Kier alpha value is -1.87. The maximum absolute atomic E-state index is 11.5. The Labute approximate surface area is 111 Å². The zero-order chi connectivity index (χ0) is 14.6. The van der Waals surface area contributed by atoms with Crippen LogP contribution in [0.4, 0.5) is 11.5 Å². The molecule has 1 rings (SSSR count). The van der Waals surface area contributed by atoms with Gasteiger partial charge >= 0.3 is 5.97 Å². The van der Waals surface area contributed by atoms with Crippen molar-refractivity contribution in [1.82, 2.24) is 9.29 Å². The average Bonchev–Trinajstić information content (AvgIpc) is 2.30. The van der Waals surface area contributed by atoms with Crippen LogP contribution in [0.25, 0.3) is 0 Å². The van der Waals surface area contributed by atoms with Gasteiger partial charge in [-0.15, -0.1) is 0 Å². The number of anilines is 2. The second-order valence-corrected chi connectivity index (χ2v) is 6.29. The van der Waals surface area contributed by atoms with Crippen LogP contribution in [0.2, 0.25) is 0 Å². The highest BCUT2D eigenvalue weighted by atomic mass is 32.2. The number of rotatable bonds is 6. The quantitative estimate of drug-likeness (QED) is 0.654. The molecule has 0 amide bonds. The Morgan fingerprint density at radius 2 is 2.16 bits per heavy atom. The van der Waals surface area contributed by atoms with E-state index in [9.17, 15) is 13.2 Å². The van der Waals surface area contributed by atoms with E-state index < -0.39 is 16.0 Å². The molecule has 1 heterocycles. The predicted octanol–water partition coefficient (Wildman–Crippen LogP) is -0.335. The minimum absolute atomic E-state index is 0.0546. The van der Waals surface area contributed by atoms with Gasteiger partial charge in [0.25, 0.3) is 0 Å². The van der Waals surface area contributed by atoms with Gasteiger partial charge in [-0.2, -0.15) is 0 Å². The molecule has 106 valence electrons. The molecule has 0 fully saturated rings. The van der Waals surface area contributed by atoms with Crippen molar-refractivity contribution in [3.05, 3.63) is 17.8 Å². The van der Waals surface area contributed by atoms with Gasteiger partial charge in [-0.05, 0) is 6.07 Å². The summed E-state index contributed by atoms with van der Waals surface area (Å²) in [5, 5.41) is 11.6. The summed E-state index contributed by atoms with van der Waals surface area (Å²) >= 11 is 0. The molecule has 0 aromatic carbocycles. The third-order valence-corrected chi connectivity index (χ3v) is 4.22. The lowest BCUT2D eigenvalue weighted by Gasteiger charge is -2.12. The van der Waals surface area contributed by atoms with Crippen molar-refractivity contribution >= 4 is 27.5 Å². The van der Waals surface area contributed by atoms with Gasteiger partial charge in [-0.3, -0.25) is 0 Å². The molecule has 0 radical (unpaired) electrons. The third kappa shape index (κ3) is 4.07. The zero-order valence-corrected chi connectivity index (χ0v) is 11.4. The number of aromatic nitrogens is 1. The smallest absolute Gasteiger partial charge is 0.337 e. The van der Waals surface area contributed by atoms with Gasteiger partial charge in [0, 0.05) is 20.6 Å². The maximum atomic E-state index is 11.5. The molecular formula is C10H16N4O4S. The largest absolute Gasteiger partial charge is 0.478 e. The van der Waals surface area contributed by atoms with E-state index in [1.54, 1.807) is 0 Å². The van der Waals surface area contributed by atoms with Crippen LogP contribution in [0, 0.1) is 0 Å². The van der Waals surface area contributed by atoms with Crippen LogP contribution < -0.4 is 11.1 Å². The second kappa shape index (κ2) is 5.85. The number of aromatic carboxylic acids is 1. The minimum Gasteiger partial charge on any atom is -0.478 e. The van der Waals surface area contributed by atoms with Crippen molar-refractivity contribution in [2.75, 3.05) is 37.4 Å². The second-order valence-electron chi connectivity index (χ2n) is 3.99. The molecule has 0 bridgehead atoms. The number of pyridine rings is 1. The first kappa shape index (κ1) is 15.2. The first-order valence-electron chi connectivity index (χ1n) is 5.37. The number of hydrogen-bond donors (Lipinski definition) is 3. The first-order valence-corrected chi connectivity index (χ1v) is 6.98. The Morgan fingerprint density at radius 3 is 2.68 bits per heavy atom. The lowest BCUT2D eigenvalue weighted by molar-refractivity contribution is 0.0698. The SMILES string of the molecule is CN(C)S(=O)(=O)CCNc1cc(C(=O)O)c(N)cn1. The van der Waals surface area contributed by atoms with Crippen LogP contribution in [-0.4, -0.2) is 55.2 Å². The molecule has 0 aliphatic carbocycles. The number of carboxylic acid groups (broad SMARTS) is 1. The molecule has 0 aliphatic rings. The van der Waals surface area contributed by atoms with Crippen LogP contribution in [-0.2, 0) is 10.0 Å². The number of nitrogens with one attached hydrogen (secondary N) is 1.